The van der Waals surface area contributed by atoms with Crippen molar-refractivity contribution in [3.8, 4) is 0 Å². The summed E-state index contributed by atoms with van der Waals surface area (Å²) in [7, 11) is 2.03. The largest absolute Gasteiger partial charge is 0.357 e. The fraction of sp³-hybridized carbons (Fsp3) is 0.524. The van der Waals surface area contributed by atoms with E-state index in [-0.39, 0.29) is 0 Å². The summed E-state index contributed by atoms with van der Waals surface area (Å²) in [5, 5.41) is 11.5. The van der Waals surface area contributed by atoms with Gasteiger partial charge >= 0.3 is 0 Å². The Morgan fingerprint density at radius 1 is 1.12 bits per heavy atom. The molecule has 142 valence electrons. The lowest BCUT2D eigenvalue weighted by Crippen LogP contribution is -2.37. The van der Waals surface area contributed by atoms with Crippen molar-refractivity contribution in [1.29, 1.82) is 0 Å². The molecule has 2 aromatic rings. The Bertz CT molecular complexity index is 758. The third kappa shape index (κ3) is 4.87. The number of nitrogens with one attached hydrogen (secondary N) is 2. The SMILES string of the molecule is CCNC(=NCc1ccc(C)cc1C)NCc1c(CC)nn(C)c1CC. The van der Waals surface area contributed by atoms with E-state index in [1.807, 2.05) is 11.7 Å². The summed E-state index contributed by atoms with van der Waals surface area (Å²) in [6.45, 7) is 13.0. The van der Waals surface area contributed by atoms with Gasteiger partial charge < -0.3 is 10.6 Å². The summed E-state index contributed by atoms with van der Waals surface area (Å²) in [5.41, 5.74) is 7.60. The quantitative estimate of drug-likeness (QED) is 0.591. The van der Waals surface area contributed by atoms with Crippen molar-refractivity contribution in [3.05, 3.63) is 51.8 Å². The van der Waals surface area contributed by atoms with Crippen molar-refractivity contribution in [1.82, 2.24) is 20.4 Å². The molecule has 0 atom stereocenters. The maximum atomic E-state index is 4.77. The first-order valence-electron chi connectivity index (χ1n) is 9.61. The number of nitrogens with zero attached hydrogens (tertiary/aromatic N) is 3. The molecule has 0 amide bonds. The van der Waals surface area contributed by atoms with Crippen molar-refractivity contribution in [2.75, 3.05) is 6.54 Å². The van der Waals surface area contributed by atoms with Gasteiger partial charge in [-0.05, 0) is 44.7 Å². The molecular formula is C21H33N5. The van der Waals surface area contributed by atoms with Gasteiger partial charge in [-0.3, -0.25) is 4.68 Å². The lowest BCUT2D eigenvalue weighted by molar-refractivity contribution is 0.702. The molecular weight excluding hydrogens is 322 g/mol. The first-order valence-corrected chi connectivity index (χ1v) is 9.61. The average molecular weight is 356 g/mol. The fourth-order valence-electron chi connectivity index (χ4n) is 3.30. The number of aromatic nitrogens is 2. The molecule has 0 saturated carbocycles. The van der Waals surface area contributed by atoms with E-state index < -0.39 is 0 Å². The summed E-state index contributed by atoms with van der Waals surface area (Å²) in [6.07, 6.45) is 1.93. The minimum atomic E-state index is 0.676. The van der Waals surface area contributed by atoms with Gasteiger partial charge in [0.2, 0.25) is 0 Å². The predicted molar refractivity (Wildman–Crippen MR) is 110 cm³/mol. The van der Waals surface area contributed by atoms with Crippen LogP contribution in [0.2, 0.25) is 0 Å². The van der Waals surface area contributed by atoms with E-state index in [4.69, 9.17) is 4.99 Å². The van der Waals surface area contributed by atoms with Gasteiger partial charge in [-0.2, -0.15) is 5.10 Å². The molecule has 0 spiro atoms. The molecule has 1 aromatic carbocycles. The predicted octanol–water partition coefficient (Wildman–Crippen LogP) is 3.42. The summed E-state index contributed by atoms with van der Waals surface area (Å²) < 4.78 is 2.01. The van der Waals surface area contributed by atoms with E-state index in [9.17, 15) is 0 Å². The van der Waals surface area contributed by atoms with Crippen molar-refractivity contribution in [2.24, 2.45) is 12.0 Å². The smallest absolute Gasteiger partial charge is 0.191 e. The molecule has 1 aromatic heterocycles. The number of benzene rings is 1. The minimum Gasteiger partial charge on any atom is -0.357 e. The van der Waals surface area contributed by atoms with Crippen molar-refractivity contribution in [2.45, 2.75) is 60.5 Å². The van der Waals surface area contributed by atoms with E-state index in [0.29, 0.717) is 6.54 Å². The normalized spacial score (nSPS) is 11.7. The van der Waals surface area contributed by atoms with Gasteiger partial charge in [-0.25, -0.2) is 4.99 Å². The number of aryl methyl sites for hydroxylation is 4. The van der Waals surface area contributed by atoms with Gasteiger partial charge in [0.1, 0.15) is 0 Å². The van der Waals surface area contributed by atoms with E-state index in [0.717, 1.165) is 31.9 Å². The Labute approximate surface area is 157 Å². The van der Waals surface area contributed by atoms with Gasteiger partial charge in [0.15, 0.2) is 5.96 Å². The van der Waals surface area contributed by atoms with Crippen LogP contribution in [0.25, 0.3) is 0 Å². The van der Waals surface area contributed by atoms with Crippen LogP contribution in [0.3, 0.4) is 0 Å². The molecule has 0 saturated heterocycles. The highest BCUT2D eigenvalue weighted by atomic mass is 15.3. The Morgan fingerprint density at radius 3 is 2.50 bits per heavy atom. The fourth-order valence-corrected chi connectivity index (χ4v) is 3.30. The molecule has 5 nitrogen and oxygen atoms in total. The number of rotatable bonds is 7. The van der Waals surface area contributed by atoms with Crippen LogP contribution in [0.5, 0.6) is 0 Å². The van der Waals surface area contributed by atoms with Crippen LogP contribution >= 0.6 is 0 Å². The zero-order valence-electron chi connectivity index (χ0n) is 17.1. The van der Waals surface area contributed by atoms with Crippen LogP contribution in [-0.2, 0) is 33.0 Å². The summed E-state index contributed by atoms with van der Waals surface area (Å²) in [5.74, 6) is 0.848. The van der Waals surface area contributed by atoms with Crippen molar-refractivity contribution >= 4 is 5.96 Å². The second-order valence-electron chi connectivity index (χ2n) is 6.68. The standard InChI is InChI=1S/C21H33N5/c1-7-19-18(20(8-2)26(6)25-19)14-24-21(22-9-3)23-13-17-11-10-15(4)12-16(17)5/h10-12H,7-9,13-14H2,1-6H3,(H2,22,23,24). The van der Waals surface area contributed by atoms with Crippen LogP contribution in [0, 0.1) is 13.8 Å². The van der Waals surface area contributed by atoms with Crippen LogP contribution in [-0.4, -0.2) is 22.3 Å². The molecule has 0 aliphatic heterocycles. The lowest BCUT2D eigenvalue weighted by Gasteiger charge is -2.13. The second kappa shape index (κ2) is 9.41. The number of hydrogen-bond donors (Lipinski definition) is 2. The molecule has 1 heterocycles. The maximum absolute atomic E-state index is 4.77. The maximum Gasteiger partial charge on any atom is 0.191 e. The van der Waals surface area contributed by atoms with Gasteiger partial charge in [0, 0.05) is 31.4 Å². The average Bonchev–Trinajstić information content (AvgIpc) is 2.93. The molecule has 0 bridgehead atoms. The van der Waals surface area contributed by atoms with Crippen LogP contribution in [0.4, 0.5) is 0 Å². The monoisotopic (exact) mass is 355 g/mol. The highest BCUT2D eigenvalue weighted by Crippen LogP contribution is 2.15. The highest BCUT2D eigenvalue weighted by Gasteiger charge is 2.13. The zero-order chi connectivity index (χ0) is 19.1. The third-order valence-electron chi connectivity index (χ3n) is 4.71. The second-order valence-corrected chi connectivity index (χ2v) is 6.68. The Kier molecular flexibility index (Phi) is 7.25. The van der Waals surface area contributed by atoms with E-state index >= 15 is 0 Å². The van der Waals surface area contributed by atoms with Gasteiger partial charge in [-0.1, -0.05) is 37.6 Å². The topological polar surface area (TPSA) is 54.2 Å². The Morgan fingerprint density at radius 2 is 1.88 bits per heavy atom. The van der Waals surface area contributed by atoms with E-state index in [2.05, 4.69) is 68.6 Å². The zero-order valence-corrected chi connectivity index (χ0v) is 17.1. The van der Waals surface area contributed by atoms with Crippen molar-refractivity contribution in [3.63, 3.8) is 0 Å². The third-order valence-corrected chi connectivity index (χ3v) is 4.71. The molecule has 0 aliphatic rings. The highest BCUT2D eigenvalue weighted by molar-refractivity contribution is 5.79. The lowest BCUT2D eigenvalue weighted by atomic mass is 10.1. The van der Waals surface area contributed by atoms with Crippen molar-refractivity contribution < 1.29 is 0 Å². The van der Waals surface area contributed by atoms with Gasteiger partial charge in [-0.15, -0.1) is 0 Å². The Hall–Kier alpha value is -2.30. The number of aliphatic imine (C=N–C) groups is 1. The minimum absolute atomic E-state index is 0.676. The molecule has 2 rings (SSSR count). The first kappa shape index (κ1) is 20.0. The first-order chi connectivity index (χ1) is 12.5. The van der Waals surface area contributed by atoms with Crippen LogP contribution in [0.15, 0.2) is 23.2 Å². The Balaban J connectivity index is 2.13. The van der Waals surface area contributed by atoms with E-state index in [1.165, 1.54) is 33.6 Å². The molecule has 5 heteroatoms. The molecule has 2 N–H and O–H groups in total. The number of guanidine groups is 1. The van der Waals surface area contributed by atoms with Crippen LogP contribution in [0.1, 0.15) is 54.4 Å². The molecule has 0 fully saturated rings. The molecule has 26 heavy (non-hydrogen) atoms. The van der Waals surface area contributed by atoms with Gasteiger partial charge in [0.05, 0.1) is 12.2 Å². The molecule has 0 unspecified atom stereocenters. The van der Waals surface area contributed by atoms with E-state index in [1.54, 1.807) is 0 Å². The van der Waals surface area contributed by atoms with Gasteiger partial charge in [0.25, 0.3) is 0 Å². The summed E-state index contributed by atoms with van der Waals surface area (Å²) >= 11 is 0. The molecule has 0 radical (unpaired) electrons. The number of hydrogen-bond acceptors (Lipinski definition) is 2. The summed E-state index contributed by atoms with van der Waals surface area (Å²) in [6, 6.07) is 6.53. The molecule has 0 aliphatic carbocycles. The van der Waals surface area contributed by atoms with Crippen LogP contribution < -0.4 is 10.6 Å². The summed E-state index contributed by atoms with van der Waals surface area (Å²) in [4.78, 5) is 4.77.